The number of hydrogen-bond acceptors (Lipinski definition) is 10. The Morgan fingerprint density at radius 2 is 0.451 bits per heavy atom. The number of carbonyl (C=O) groups is 4. The lowest BCUT2D eigenvalue weighted by Crippen LogP contribution is -2.93. The van der Waals surface area contributed by atoms with Crippen molar-refractivity contribution in [1.82, 2.24) is 0 Å². The molecule has 12 heteroatoms. The van der Waals surface area contributed by atoms with Gasteiger partial charge in [-0.3, -0.25) is 19.2 Å². The Bertz CT molecular complexity index is 3470. The number of unbranched alkanes of at least 4 members (excludes halogenated alkanes) is 32. The Balaban J connectivity index is 2.14. The van der Waals surface area contributed by atoms with Gasteiger partial charge in [-0.1, -0.05) is 437 Å². The van der Waals surface area contributed by atoms with Crippen LogP contribution in [0.2, 0.25) is 10.1 Å². The molecule has 122 heavy (non-hydrogen) atoms. The standard InChI is InChI=1S/C110H170O10Si2/c1-11-15-19-23-27-31-35-39-43-47-51-55-59-63-79-91-99(111)107(117,103(115)121(105(5,6)7,95-83-71-67-72-84-95)96-85-73-68-74-86-96)109(119,101(113)93-81-65-61-57-53-49-45-41-37-33-29-25-21-17-13-3)110(120,102(114)94-82-66-62-58-54-50-46-42-38-34-30-26-22-18-14-4)108(118,100(112)92-80-64-60-56-52-48-44-40-36-32-28-24-20-16-12-2)104(116)122(106(8,9)10,97-87-75-69-76-88-97)98-89-77-70-78-90-98/h27-34,39-46,67-78,83-90,103-104,115-120H,11-26,35-38,47-66,79-82,91-94H2,1-10H3/b31-27-,32-28-,33-29-,34-30-,43-39-,44-40-,45-41-,46-42-/t103?,104?,107-,108-,109-,110-/m1/s1/i1D,2D,3D,4D. The number of allylic oxidation sites excluding steroid dienone is 16. The van der Waals surface area contributed by atoms with Crippen LogP contribution in [-0.4, -0.2) is 104 Å². The van der Waals surface area contributed by atoms with Crippen molar-refractivity contribution in [3.05, 3.63) is 219 Å². The molecule has 4 aromatic carbocycles. The lowest BCUT2D eigenvalue weighted by Gasteiger charge is -2.62. The molecule has 0 bridgehead atoms. The molecule has 6 N–H and O–H groups in total. The van der Waals surface area contributed by atoms with Gasteiger partial charge in [-0.2, -0.15) is 0 Å². The first-order chi connectivity index (χ1) is 60.9. The number of rotatable bonds is 71. The van der Waals surface area contributed by atoms with Gasteiger partial charge >= 0.3 is 0 Å². The number of ketones is 4. The monoisotopic (exact) mass is 1710 g/mol. The van der Waals surface area contributed by atoms with Gasteiger partial charge < -0.3 is 30.6 Å². The fourth-order valence-corrected chi connectivity index (χ4v) is 30.2. The Hall–Kier alpha value is -6.33. The topological polar surface area (TPSA) is 190 Å². The van der Waals surface area contributed by atoms with Crippen LogP contribution in [0.3, 0.4) is 0 Å². The molecule has 0 spiro atoms. The van der Waals surface area contributed by atoms with Crippen molar-refractivity contribution >= 4 is 60.0 Å². The highest BCUT2D eigenvalue weighted by Gasteiger charge is 2.84. The molecule has 0 heterocycles. The first-order valence-electron chi connectivity index (χ1n) is 50.7. The fraction of sp³-hybridized carbons (Fsp3) is 0.600. The van der Waals surface area contributed by atoms with Crippen LogP contribution in [0.15, 0.2) is 219 Å². The average Bonchev–Trinajstić information content (AvgIpc) is 0.663. The molecule has 0 fully saturated rings. The first-order valence-corrected chi connectivity index (χ1v) is 52.0. The third kappa shape index (κ3) is 32.5. The van der Waals surface area contributed by atoms with E-state index >= 15 is 49.8 Å². The second kappa shape index (κ2) is 61.1. The highest BCUT2D eigenvalue weighted by molar-refractivity contribution is 7.06. The molecule has 4 rings (SSSR count). The van der Waals surface area contributed by atoms with Gasteiger partial charge in [0.1, 0.15) is 0 Å². The first kappa shape index (κ1) is 101. The molecular weight excluding hydrogens is 1540 g/mol. The van der Waals surface area contributed by atoms with Crippen LogP contribution in [0.4, 0.5) is 0 Å². The van der Waals surface area contributed by atoms with Crippen LogP contribution in [0, 0.1) is 0 Å². The van der Waals surface area contributed by atoms with Gasteiger partial charge in [0, 0.05) is 31.2 Å². The Labute approximate surface area is 750 Å². The minimum Gasteiger partial charge on any atom is -0.392 e. The predicted molar refractivity (Wildman–Crippen MR) is 525 cm³/mol. The molecule has 0 aliphatic heterocycles. The van der Waals surface area contributed by atoms with Crippen LogP contribution >= 0.6 is 0 Å². The van der Waals surface area contributed by atoms with Gasteiger partial charge in [-0.25, -0.2) is 0 Å². The molecule has 4 aromatic rings. The molecule has 0 aromatic heterocycles. The third-order valence-corrected chi connectivity index (χ3v) is 37.4. The zero-order valence-electron chi connectivity index (χ0n) is 81.0. The van der Waals surface area contributed by atoms with Crippen molar-refractivity contribution in [2.45, 2.75) is 421 Å². The number of Topliss-reactive ketones (excluding diaryl/α,β-unsaturated/α-hetero) is 4. The van der Waals surface area contributed by atoms with E-state index in [0.717, 1.165) is 205 Å². The maximum atomic E-state index is 17.6. The van der Waals surface area contributed by atoms with E-state index in [9.17, 15) is 0 Å². The van der Waals surface area contributed by atoms with E-state index in [-0.39, 0.29) is 25.7 Å². The van der Waals surface area contributed by atoms with Gasteiger partial charge in [0.05, 0.1) is 11.5 Å². The predicted octanol–water partition coefficient (Wildman–Crippen LogP) is 25.4. The van der Waals surface area contributed by atoms with Crippen molar-refractivity contribution in [2.75, 3.05) is 0 Å². The van der Waals surface area contributed by atoms with Crippen molar-refractivity contribution in [2.24, 2.45) is 0 Å². The Kier molecular flexibility index (Phi) is 50.7. The normalized spacial score (nSPS) is 15.8. The molecular formula is C110H170O10Si2. The molecule has 2 unspecified atom stereocenters. The van der Waals surface area contributed by atoms with Gasteiger partial charge in [0.15, 0.2) is 50.5 Å². The summed E-state index contributed by atoms with van der Waals surface area (Å²) in [6.07, 6.45) is 65.5. The van der Waals surface area contributed by atoms with Crippen LogP contribution < -0.4 is 20.7 Å². The molecule has 10 nitrogen and oxygen atoms in total. The summed E-state index contributed by atoms with van der Waals surface area (Å²) in [6.45, 7) is 13.1. The summed E-state index contributed by atoms with van der Waals surface area (Å²) in [5.41, 5.74) is -21.7. The summed E-state index contributed by atoms with van der Waals surface area (Å²) in [5.74, 6) is -5.35. The number of hydrogen-bond donors (Lipinski definition) is 6. The third-order valence-electron chi connectivity index (χ3n) is 25.2. The Morgan fingerprint density at radius 1 is 0.270 bits per heavy atom. The largest absolute Gasteiger partial charge is 0.392 e. The van der Waals surface area contributed by atoms with E-state index in [1.807, 2.05) is 65.8 Å². The quantitative estimate of drug-likeness (QED) is 0.0141. The smallest absolute Gasteiger partial charge is 0.200 e. The summed E-state index contributed by atoms with van der Waals surface area (Å²) in [4.78, 5) is 69.9. The maximum Gasteiger partial charge on any atom is 0.200 e. The summed E-state index contributed by atoms with van der Waals surface area (Å²) in [7, 11) is -9.24. The molecule has 0 radical (unpaired) electrons. The van der Waals surface area contributed by atoms with Gasteiger partial charge in [0.2, 0.25) is 11.2 Å². The van der Waals surface area contributed by atoms with E-state index in [4.69, 9.17) is 5.48 Å². The lowest BCUT2D eigenvalue weighted by atomic mass is 9.56. The second-order valence-corrected chi connectivity index (χ2v) is 46.0. The van der Waals surface area contributed by atoms with Gasteiger partial charge in [-0.15, -0.1) is 0 Å². The van der Waals surface area contributed by atoms with Crippen molar-refractivity contribution in [3.63, 3.8) is 0 Å². The van der Waals surface area contributed by atoms with Gasteiger partial charge in [0.25, 0.3) is 0 Å². The van der Waals surface area contributed by atoms with Crippen molar-refractivity contribution in [3.8, 4) is 0 Å². The highest BCUT2D eigenvalue weighted by Crippen LogP contribution is 2.55. The summed E-state index contributed by atoms with van der Waals surface area (Å²) in [5, 5.41) is 92.9. The number of aliphatic hydroxyl groups excluding tert-OH is 2. The van der Waals surface area contributed by atoms with E-state index in [1.165, 1.54) is 0 Å². The number of benzene rings is 4. The summed E-state index contributed by atoms with van der Waals surface area (Å²) in [6, 6.07) is 36.0. The zero-order valence-corrected chi connectivity index (χ0v) is 79.0. The minimum absolute atomic E-state index is 0.00220. The van der Waals surface area contributed by atoms with E-state index in [1.54, 1.807) is 97.1 Å². The SMILES string of the molecule is [2H]CCCCC/C=C\C/C=C\CCCCCCCC(=O)[C@](O)([C@@](O)(C(=O)CCCCCCC/C=C\C/C=C\CCCCC[2H])[C@@](O)(C(=O)CCCCCCC/C=C\C/C=C\CCCCC[2H])C(O)[Si](c1ccccc1)(c1ccccc1)C(C)(C)C)[C@@](O)(C(=O)CCCCCCC/C=C\C/C=C\CCCCC[2H])C(O)[Si](c1ccccc1)(c1ccccc1)C(C)(C)C. The van der Waals surface area contributed by atoms with E-state index in [0.29, 0.717) is 99.7 Å². The van der Waals surface area contributed by atoms with Crippen LogP contribution in [-0.2, 0) is 19.2 Å². The van der Waals surface area contributed by atoms with E-state index < -0.39 is 109 Å². The van der Waals surface area contributed by atoms with Gasteiger partial charge in [-0.05, 0) is 164 Å². The average molecular weight is 1710 g/mol. The Morgan fingerprint density at radius 3 is 0.648 bits per heavy atom. The zero-order chi connectivity index (χ0) is 92.0. The van der Waals surface area contributed by atoms with Crippen LogP contribution in [0.5, 0.6) is 0 Å². The highest BCUT2D eigenvalue weighted by atomic mass is 28.3. The van der Waals surface area contributed by atoms with Crippen LogP contribution in [0.25, 0.3) is 0 Å². The summed E-state index contributed by atoms with van der Waals surface area (Å²) >= 11 is 0. The molecule has 0 aliphatic rings. The lowest BCUT2D eigenvalue weighted by molar-refractivity contribution is -0.283. The van der Waals surface area contributed by atoms with E-state index in [2.05, 4.69) is 97.2 Å². The maximum absolute atomic E-state index is 17.6. The van der Waals surface area contributed by atoms with Crippen molar-refractivity contribution < 1.29 is 55.3 Å². The van der Waals surface area contributed by atoms with Crippen LogP contribution in [0.1, 0.15) is 383 Å². The van der Waals surface area contributed by atoms with Crippen molar-refractivity contribution in [1.29, 1.82) is 0 Å². The number of carbonyl (C=O) groups excluding carboxylic acids is 4. The summed E-state index contributed by atoms with van der Waals surface area (Å²) < 4.78 is 29.8. The number of aliphatic hydroxyl groups is 6. The fourth-order valence-electron chi connectivity index (χ4n) is 18.3. The minimum atomic E-state index is -4.62. The second-order valence-electron chi connectivity index (χ2n) is 36.4. The molecule has 678 valence electrons. The molecule has 0 saturated carbocycles. The molecule has 0 aliphatic carbocycles. The molecule has 0 saturated heterocycles. The molecule has 6 atom stereocenters. The molecule has 0 amide bonds.